The Morgan fingerprint density at radius 3 is 2.59 bits per heavy atom. The van der Waals surface area contributed by atoms with Crippen LogP contribution in [0.5, 0.6) is 11.5 Å². The van der Waals surface area contributed by atoms with Gasteiger partial charge in [-0.3, -0.25) is 14.5 Å². The van der Waals surface area contributed by atoms with Crippen LogP contribution in [0.1, 0.15) is 18.1 Å². The normalized spacial score (nSPS) is 13.7. The lowest BCUT2D eigenvalue weighted by Gasteiger charge is -2.23. The Kier molecular flexibility index (Phi) is 7.15. The summed E-state index contributed by atoms with van der Waals surface area (Å²) in [6.07, 6.45) is -4.64. The third-order valence-corrected chi connectivity index (χ3v) is 5.22. The zero-order chi connectivity index (χ0) is 23.5. The van der Waals surface area contributed by atoms with Crippen molar-refractivity contribution < 1.29 is 32.2 Å². The number of benzene rings is 2. The number of likely N-dealkylation sites (N-methyl/N-ethyl adjacent to an activating group) is 1. The van der Waals surface area contributed by atoms with Crippen molar-refractivity contribution in [2.75, 3.05) is 25.7 Å². The smallest absolute Gasteiger partial charge is 0.417 e. The van der Waals surface area contributed by atoms with Crippen molar-refractivity contribution in [2.45, 2.75) is 25.7 Å². The number of carbonyl (C=O) groups is 2. The van der Waals surface area contributed by atoms with Gasteiger partial charge in [-0.2, -0.15) is 13.2 Å². The molecule has 0 bridgehead atoms. The Hall–Kier alpha value is -2.98. The molecule has 2 amide bonds. The van der Waals surface area contributed by atoms with E-state index in [1.165, 1.54) is 11.0 Å². The predicted molar refractivity (Wildman–Crippen MR) is 112 cm³/mol. The molecule has 0 unspecified atom stereocenters. The van der Waals surface area contributed by atoms with Crippen LogP contribution in [0.2, 0.25) is 5.02 Å². The molecule has 1 aliphatic heterocycles. The van der Waals surface area contributed by atoms with Crippen molar-refractivity contribution >= 4 is 29.1 Å². The van der Waals surface area contributed by atoms with Crippen LogP contribution in [-0.4, -0.2) is 43.1 Å². The molecular formula is C21H21ClF3N3O4. The van der Waals surface area contributed by atoms with Crippen LogP contribution in [0.15, 0.2) is 36.4 Å². The Balaban J connectivity index is 1.51. The van der Waals surface area contributed by atoms with Gasteiger partial charge in [-0.05, 0) is 49.9 Å². The summed E-state index contributed by atoms with van der Waals surface area (Å²) >= 11 is 5.58. The number of hydrogen-bond acceptors (Lipinski definition) is 5. The molecule has 2 aromatic rings. The van der Waals surface area contributed by atoms with E-state index < -0.39 is 28.7 Å². The van der Waals surface area contributed by atoms with Crippen molar-refractivity contribution in [3.63, 3.8) is 0 Å². The van der Waals surface area contributed by atoms with Crippen LogP contribution < -0.4 is 20.1 Å². The summed E-state index contributed by atoms with van der Waals surface area (Å²) in [5.41, 5.74) is -0.264. The van der Waals surface area contributed by atoms with E-state index in [0.29, 0.717) is 11.5 Å². The first-order valence-corrected chi connectivity index (χ1v) is 9.95. The van der Waals surface area contributed by atoms with Gasteiger partial charge >= 0.3 is 6.18 Å². The van der Waals surface area contributed by atoms with E-state index in [1.807, 2.05) is 0 Å². The maximum Gasteiger partial charge on any atom is 0.417 e. The molecule has 0 spiro atoms. The van der Waals surface area contributed by atoms with Gasteiger partial charge in [0.2, 0.25) is 18.6 Å². The quantitative estimate of drug-likeness (QED) is 0.644. The molecule has 7 nitrogen and oxygen atoms in total. The number of hydrogen-bond donors (Lipinski definition) is 2. The molecule has 2 aromatic carbocycles. The van der Waals surface area contributed by atoms with Gasteiger partial charge in [0.25, 0.3) is 0 Å². The van der Waals surface area contributed by atoms with Crippen LogP contribution >= 0.6 is 11.6 Å². The predicted octanol–water partition coefficient (Wildman–Crippen LogP) is 3.66. The van der Waals surface area contributed by atoms with Crippen molar-refractivity contribution in [3.05, 3.63) is 52.5 Å². The van der Waals surface area contributed by atoms with Crippen molar-refractivity contribution in [2.24, 2.45) is 0 Å². The van der Waals surface area contributed by atoms with Crippen molar-refractivity contribution in [3.8, 4) is 11.5 Å². The van der Waals surface area contributed by atoms with Gasteiger partial charge in [0.1, 0.15) is 0 Å². The maximum absolute atomic E-state index is 13.0. The Bertz CT molecular complexity index is 1020. The molecule has 1 heterocycles. The molecule has 172 valence electrons. The summed E-state index contributed by atoms with van der Waals surface area (Å²) in [5.74, 6) is 0.360. The summed E-state index contributed by atoms with van der Waals surface area (Å²) < 4.78 is 49.4. The molecule has 2 N–H and O–H groups in total. The number of amides is 2. The lowest BCUT2D eigenvalue weighted by molar-refractivity contribution is -0.137. The van der Waals surface area contributed by atoms with Gasteiger partial charge in [-0.15, -0.1) is 0 Å². The number of alkyl halides is 3. The number of rotatable bonds is 7. The Morgan fingerprint density at radius 2 is 1.88 bits per heavy atom. The third-order valence-electron chi connectivity index (χ3n) is 4.89. The van der Waals surface area contributed by atoms with Crippen LogP contribution in [-0.2, 0) is 22.3 Å². The minimum Gasteiger partial charge on any atom is -0.454 e. The lowest BCUT2D eigenvalue weighted by Crippen LogP contribution is -2.45. The molecular weight excluding hydrogens is 451 g/mol. The standard InChI is InChI=1S/C21H21ClF3N3O4/c1-12(20(30)26-9-13-3-6-17-18(7-13)32-11-31-17)28(2)10-19(29)27-14-4-5-16(22)15(8-14)21(23,24)25/h3-8,12H,9-11H2,1-2H3,(H,26,30)(H,27,29)/t12-/m0/s1. The SMILES string of the molecule is C[C@@H](C(=O)NCc1ccc2c(c1)OCO2)N(C)CC(=O)Nc1ccc(Cl)c(C(F)(F)F)c1. The maximum atomic E-state index is 13.0. The third kappa shape index (κ3) is 5.83. The number of fused-ring (bicyclic) bond motifs is 1. The number of carbonyl (C=O) groups excluding carboxylic acids is 2. The number of halogens is 4. The highest BCUT2D eigenvalue weighted by Gasteiger charge is 2.33. The molecule has 3 rings (SSSR count). The second-order valence-electron chi connectivity index (χ2n) is 7.24. The van der Waals surface area contributed by atoms with E-state index in [1.54, 1.807) is 32.2 Å². The van der Waals surface area contributed by atoms with E-state index in [2.05, 4.69) is 10.6 Å². The highest BCUT2D eigenvalue weighted by atomic mass is 35.5. The second-order valence-corrected chi connectivity index (χ2v) is 7.64. The van der Waals surface area contributed by atoms with Crippen LogP contribution in [0.3, 0.4) is 0 Å². The molecule has 0 fully saturated rings. The number of nitrogens with zero attached hydrogens (tertiary/aromatic N) is 1. The van der Waals surface area contributed by atoms with Gasteiger partial charge in [0, 0.05) is 12.2 Å². The minimum absolute atomic E-state index is 0.0416. The van der Waals surface area contributed by atoms with Gasteiger partial charge < -0.3 is 20.1 Å². The van der Waals surface area contributed by atoms with E-state index in [-0.39, 0.29) is 31.5 Å². The van der Waals surface area contributed by atoms with Gasteiger partial charge in [0.05, 0.1) is 23.2 Å². The molecule has 0 aromatic heterocycles. The summed E-state index contributed by atoms with van der Waals surface area (Å²) in [7, 11) is 1.56. The first-order valence-electron chi connectivity index (χ1n) is 9.57. The summed E-state index contributed by atoms with van der Waals surface area (Å²) in [6, 6.07) is 7.77. The average molecular weight is 472 g/mol. The Morgan fingerprint density at radius 1 is 1.16 bits per heavy atom. The fourth-order valence-electron chi connectivity index (χ4n) is 2.97. The van der Waals surface area contributed by atoms with Crippen molar-refractivity contribution in [1.29, 1.82) is 0 Å². The molecule has 0 aliphatic carbocycles. The lowest BCUT2D eigenvalue weighted by atomic mass is 10.2. The molecule has 1 atom stereocenters. The molecule has 1 aliphatic rings. The monoisotopic (exact) mass is 471 g/mol. The van der Waals surface area contributed by atoms with Crippen molar-refractivity contribution in [1.82, 2.24) is 10.2 Å². The van der Waals surface area contributed by atoms with Gasteiger partial charge in [-0.1, -0.05) is 17.7 Å². The first-order chi connectivity index (χ1) is 15.0. The fourth-order valence-corrected chi connectivity index (χ4v) is 3.20. The van der Waals surface area contributed by atoms with E-state index in [0.717, 1.165) is 17.7 Å². The first kappa shape index (κ1) is 23.7. The minimum atomic E-state index is -4.64. The summed E-state index contributed by atoms with van der Waals surface area (Å²) in [4.78, 5) is 26.2. The number of anilines is 1. The van der Waals surface area contributed by atoms with Crippen LogP contribution in [0.4, 0.5) is 18.9 Å². The highest BCUT2D eigenvalue weighted by molar-refractivity contribution is 6.31. The molecule has 0 saturated carbocycles. The highest BCUT2D eigenvalue weighted by Crippen LogP contribution is 2.36. The average Bonchev–Trinajstić information content (AvgIpc) is 3.19. The largest absolute Gasteiger partial charge is 0.454 e. The summed E-state index contributed by atoms with van der Waals surface area (Å²) in [5, 5.41) is 4.71. The van der Waals surface area contributed by atoms with Gasteiger partial charge in [-0.25, -0.2) is 0 Å². The zero-order valence-corrected chi connectivity index (χ0v) is 18.0. The zero-order valence-electron chi connectivity index (χ0n) is 17.3. The van der Waals surface area contributed by atoms with Crippen LogP contribution in [0.25, 0.3) is 0 Å². The van der Waals surface area contributed by atoms with Crippen LogP contribution in [0, 0.1) is 0 Å². The molecule has 0 saturated heterocycles. The fraction of sp³-hybridized carbons (Fsp3) is 0.333. The van der Waals surface area contributed by atoms with E-state index in [9.17, 15) is 22.8 Å². The molecule has 0 radical (unpaired) electrons. The number of nitrogens with one attached hydrogen (secondary N) is 2. The Labute approximate surface area is 187 Å². The molecule has 11 heteroatoms. The van der Waals surface area contributed by atoms with E-state index >= 15 is 0 Å². The van der Waals surface area contributed by atoms with Gasteiger partial charge in [0.15, 0.2) is 11.5 Å². The second kappa shape index (κ2) is 9.66. The topological polar surface area (TPSA) is 79.9 Å². The summed E-state index contributed by atoms with van der Waals surface area (Å²) in [6.45, 7) is 1.82. The molecule has 32 heavy (non-hydrogen) atoms. The van der Waals surface area contributed by atoms with E-state index in [4.69, 9.17) is 21.1 Å². The number of ether oxygens (including phenoxy) is 2.